The molecule has 2 aliphatic heterocycles. The van der Waals surface area contributed by atoms with E-state index in [2.05, 4.69) is 10.6 Å². The molecule has 10 heteroatoms. The summed E-state index contributed by atoms with van der Waals surface area (Å²) >= 11 is 0. The minimum Gasteiger partial charge on any atom is -0.324 e. The van der Waals surface area contributed by atoms with Crippen LogP contribution in [0.4, 0.5) is 10.5 Å². The van der Waals surface area contributed by atoms with E-state index in [4.69, 9.17) is 0 Å². The zero-order valence-electron chi connectivity index (χ0n) is 16.6. The highest BCUT2D eigenvalue weighted by Crippen LogP contribution is 2.25. The molecule has 0 aromatic heterocycles. The maximum absolute atomic E-state index is 12.7. The SMILES string of the molecule is CCC1(CC)NC(=O)N(CC(=O)Nc2cccc(S(=O)(=O)N3CCCC3)c2)C1=O. The summed E-state index contributed by atoms with van der Waals surface area (Å²) in [5, 5.41) is 5.25. The summed E-state index contributed by atoms with van der Waals surface area (Å²) in [5.74, 6) is -1.000. The van der Waals surface area contributed by atoms with Crippen LogP contribution in [0.3, 0.4) is 0 Å². The van der Waals surface area contributed by atoms with Crippen LogP contribution in [0.25, 0.3) is 0 Å². The van der Waals surface area contributed by atoms with E-state index < -0.39 is 40.0 Å². The average molecular weight is 423 g/mol. The van der Waals surface area contributed by atoms with Crippen LogP contribution in [0.15, 0.2) is 29.2 Å². The highest BCUT2D eigenvalue weighted by molar-refractivity contribution is 7.89. The first-order valence-electron chi connectivity index (χ1n) is 9.77. The number of anilines is 1. The molecule has 158 valence electrons. The largest absolute Gasteiger partial charge is 0.325 e. The fourth-order valence-electron chi connectivity index (χ4n) is 3.71. The van der Waals surface area contributed by atoms with E-state index in [1.54, 1.807) is 26.0 Å². The van der Waals surface area contributed by atoms with E-state index in [-0.39, 0.29) is 4.90 Å². The molecule has 0 bridgehead atoms. The number of imide groups is 1. The molecule has 2 heterocycles. The van der Waals surface area contributed by atoms with Crippen molar-refractivity contribution in [2.45, 2.75) is 50.0 Å². The second-order valence-electron chi connectivity index (χ2n) is 7.30. The highest BCUT2D eigenvalue weighted by atomic mass is 32.2. The molecule has 9 nitrogen and oxygen atoms in total. The molecular weight excluding hydrogens is 396 g/mol. The topological polar surface area (TPSA) is 116 Å². The molecule has 2 aliphatic rings. The molecule has 0 atom stereocenters. The van der Waals surface area contributed by atoms with Gasteiger partial charge in [0.1, 0.15) is 12.1 Å². The number of benzene rings is 1. The fraction of sp³-hybridized carbons (Fsp3) is 0.526. The van der Waals surface area contributed by atoms with Gasteiger partial charge in [-0.25, -0.2) is 13.2 Å². The molecule has 2 saturated heterocycles. The molecule has 2 N–H and O–H groups in total. The Morgan fingerprint density at radius 1 is 1.17 bits per heavy atom. The van der Waals surface area contributed by atoms with E-state index in [1.807, 2.05) is 0 Å². The Morgan fingerprint density at radius 3 is 2.41 bits per heavy atom. The first-order valence-corrected chi connectivity index (χ1v) is 11.2. The van der Waals surface area contributed by atoms with Crippen molar-refractivity contribution in [2.24, 2.45) is 0 Å². The van der Waals surface area contributed by atoms with Crippen LogP contribution in [0.5, 0.6) is 0 Å². The van der Waals surface area contributed by atoms with Gasteiger partial charge in [-0.2, -0.15) is 4.31 Å². The summed E-state index contributed by atoms with van der Waals surface area (Å²) in [6, 6.07) is 5.39. The van der Waals surface area contributed by atoms with Gasteiger partial charge in [-0.1, -0.05) is 19.9 Å². The monoisotopic (exact) mass is 422 g/mol. The van der Waals surface area contributed by atoms with Gasteiger partial charge in [0.15, 0.2) is 0 Å². The molecule has 3 rings (SSSR count). The summed E-state index contributed by atoms with van der Waals surface area (Å²) in [4.78, 5) is 38.2. The van der Waals surface area contributed by atoms with Crippen molar-refractivity contribution >= 4 is 33.6 Å². The second kappa shape index (κ2) is 8.11. The van der Waals surface area contributed by atoms with Crippen LogP contribution >= 0.6 is 0 Å². The predicted molar refractivity (Wildman–Crippen MR) is 107 cm³/mol. The highest BCUT2D eigenvalue weighted by Gasteiger charge is 2.49. The first kappa shape index (κ1) is 21.3. The molecule has 1 aromatic carbocycles. The summed E-state index contributed by atoms with van der Waals surface area (Å²) in [6.07, 6.45) is 2.53. The van der Waals surface area contributed by atoms with Gasteiger partial charge in [0.2, 0.25) is 15.9 Å². The van der Waals surface area contributed by atoms with E-state index in [9.17, 15) is 22.8 Å². The number of carbonyl (C=O) groups excluding carboxylic acids is 3. The third-order valence-electron chi connectivity index (χ3n) is 5.58. The Kier molecular flexibility index (Phi) is 5.95. The normalized spacial score (nSPS) is 19.4. The summed E-state index contributed by atoms with van der Waals surface area (Å²) in [6.45, 7) is 4.15. The van der Waals surface area contributed by atoms with Gasteiger partial charge >= 0.3 is 6.03 Å². The van der Waals surface area contributed by atoms with Crippen molar-refractivity contribution in [3.63, 3.8) is 0 Å². The Balaban J connectivity index is 1.70. The molecule has 0 aliphatic carbocycles. The quantitative estimate of drug-likeness (QED) is 0.647. The average Bonchev–Trinajstić information content (AvgIpc) is 3.32. The van der Waals surface area contributed by atoms with Gasteiger partial charge in [0.25, 0.3) is 5.91 Å². The lowest BCUT2D eigenvalue weighted by Crippen LogP contribution is -2.46. The molecule has 1 aromatic rings. The summed E-state index contributed by atoms with van der Waals surface area (Å²) in [7, 11) is -3.61. The zero-order valence-corrected chi connectivity index (χ0v) is 17.4. The van der Waals surface area contributed by atoms with Crippen LogP contribution in [0.1, 0.15) is 39.5 Å². The lowest BCUT2D eigenvalue weighted by Gasteiger charge is -2.23. The number of carbonyl (C=O) groups is 3. The number of amides is 4. The van der Waals surface area contributed by atoms with Crippen LogP contribution < -0.4 is 10.6 Å². The van der Waals surface area contributed by atoms with Crippen LogP contribution in [-0.4, -0.2) is 60.6 Å². The number of urea groups is 1. The van der Waals surface area contributed by atoms with Crippen molar-refractivity contribution < 1.29 is 22.8 Å². The van der Waals surface area contributed by atoms with Crippen molar-refractivity contribution in [1.82, 2.24) is 14.5 Å². The smallest absolute Gasteiger partial charge is 0.324 e. The van der Waals surface area contributed by atoms with Gasteiger partial charge in [-0.3, -0.25) is 14.5 Å². The number of hydrogen-bond acceptors (Lipinski definition) is 5. The zero-order chi connectivity index (χ0) is 21.2. The maximum Gasteiger partial charge on any atom is 0.325 e. The lowest BCUT2D eigenvalue weighted by atomic mass is 9.93. The summed E-state index contributed by atoms with van der Waals surface area (Å²) < 4.78 is 26.8. The number of nitrogens with zero attached hydrogens (tertiary/aromatic N) is 2. The maximum atomic E-state index is 12.7. The van der Waals surface area contributed by atoms with Gasteiger partial charge in [0, 0.05) is 18.8 Å². The molecule has 0 saturated carbocycles. The van der Waals surface area contributed by atoms with Crippen LogP contribution in [0, 0.1) is 0 Å². The third-order valence-corrected chi connectivity index (χ3v) is 7.47. The standard InChI is InChI=1S/C19H26N4O5S/c1-3-19(4-2)17(25)23(18(26)21-19)13-16(24)20-14-8-7-9-15(12-14)29(27,28)22-10-5-6-11-22/h7-9,12H,3-6,10-11,13H2,1-2H3,(H,20,24)(H,21,26). The number of hydrogen-bond donors (Lipinski definition) is 2. The minimum absolute atomic E-state index is 0.100. The number of sulfonamides is 1. The first-order chi connectivity index (χ1) is 13.7. The molecular formula is C19H26N4O5S. The Labute approximate surface area is 170 Å². The fourth-order valence-corrected chi connectivity index (χ4v) is 5.27. The second-order valence-corrected chi connectivity index (χ2v) is 9.24. The molecule has 0 spiro atoms. The lowest BCUT2D eigenvalue weighted by molar-refractivity contribution is -0.134. The Bertz CT molecular complexity index is 920. The molecule has 29 heavy (non-hydrogen) atoms. The van der Waals surface area contributed by atoms with Crippen LogP contribution in [-0.2, 0) is 19.6 Å². The van der Waals surface area contributed by atoms with Crippen molar-refractivity contribution in [3.8, 4) is 0 Å². The summed E-state index contributed by atoms with van der Waals surface area (Å²) in [5.41, 5.74) is -0.680. The van der Waals surface area contributed by atoms with Gasteiger partial charge in [-0.15, -0.1) is 0 Å². The third kappa shape index (κ3) is 3.99. The predicted octanol–water partition coefficient (Wildman–Crippen LogP) is 1.52. The molecule has 0 radical (unpaired) electrons. The van der Waals surface area contributed by atoms with Gasteiger partial charge < -0.3 is 10.6 Å². The number of nitrogens with one attached hydrogen (secondary N) is 2. The Morgan fingerprint density at radius 2 is 1.83 bits per heavy atom. The molecule has 4 amide bonds. The minimum atomic E-state index is -3.61. The van der Waals surface area contributed by atoms with E-state index in [0.717, 1.165) is 17.7 Å². The Hall–Kier alpha value is -2.46. The van der Waals surface area contributed by atoms with Gasteiger partial charge in [0.05, 0.1) is 4.90 Å². The van der Waals surface area contributed by atoms with E-state index in [1.165, 1.54) is 16.4 Å². The van der Waals surface area contributed by atoms with Gasteiger partial charge in [-0.05, 0) is 43.9 Å². The van der Waals surface area contributed by atoms with Crippen molar-refractivity contribution in [3.05, 3.63) is 24.3 Å². The van der Waals surface area contributed by atoms with Crippen molar-refractivity contribution in [1.29, 1.82) is 0 Å². The van der Waals surface area contributed by atoms with Crippen molar-refractivity contribution in [2.75, 3.05) is 25.0 Å². The van der Waals surface area contributed by atoms with E-state index >= 15 is 0 Å². The number of rotatable bonds is 7. The molecule has 2 fully saturated rings. The van der Waals surface area contributed by atoms with E-state index in [0.29, 0.717) is 31.6 Å². The van der Waals surface area contributed by atoms with Crippen LogP contribution in [0.2, 0.25) is 0 Å². The molecule has 0 unspecified atom stereocenters.